The molecule has 2 aliphatic rings. The molecule has 8 nitrogen and oxygen atoms in total. The van der Waals surface area contributed by atoms with E-state index in [1.807, 2.05) is 17.9 Å². The van der Waals surface area contributed by atoms with Gasteiger partial charge in [-0.3, -0.25) is 19.1 Å². The number of pyridine rings is 1. The Labute approximate surface area is 237 Å². The number of aromatic nitrogens is 1. The second-order valence-corrected chi connectivity index (χ2v) is 11.1. The Hall–Kier alpha value is -3.20. The zero-order valence-corrected chi connectivity index (χ0v) is 24.0. The number of unbranched alkanes of at least 4 members (excludes halogenated alkanes) is 1. The van der Waals surface area contributed by atoms with Crippen molar-refractivity contribution in [2.24, 2.45) is 0 Å². The Morgan fingerprint density at radius 1 is 1.15 bits per heavy atom. The molecule has 2 saturated heterocycles. The highest BCUT2D eigenvalue weighted by Crippen LogP contribution is 2.36. The van der Waals surface area contributed by atoms with E-state index < -0.39 is 0 Å². The average Bonchev–Trinajstić information content (AvgIpc) is 3.20. The van der Waals surface area contributed by atoms with Crippen LogP contribution in [0.2, 0.25) is 0 Å². The maximum Gasteiger partial charge on any atom is 0.270 e. The Kier molecular flexibility index (Phi) is 9.43. The lowest BCUT2D eigenvalue weighted by Gasteiger charge is -2.39. The number of carbonyl (C=O) groups excluding carboxylic acids is 1. The molecule has 0 spiro atoms. The van der Waals surface area contributed by atoms with Crippen LogP contribution in [0, 0.1) is 24.1 Å². The number of thioether (sulfide) groups is 1. The highest BCUT2D eigenvalue weighted by atomic mass is 32.2. The normalized spacial score (nSPS) is 16.9. The molecule has 2 aliphatic heterocycles. The van der Waals surface area contributed by atoms with Crippen LogP contribution in [-0.4, -0.2) is 66.1 Å². The molecule has 0 radical (unpaired) electrons. The maximum atomic E-state index is 14.5. The molecule has 1 amide bonds. The molecule has 1 aromatic carbocycles. The van der Waals surface area contributed by atoms with Crippen LogP contribution < -0.4 is 15.4 Å². The van der Waals surface area contributed by atoms with E-state index in [4.69, 9.17) is 17.0 Å². The van der Waals surface area contributed by atoms with E-state index in [0.29, 0.717) is 77.7 Å². The number of amides is 1. The van der Waals surface area contributed by atoms with Gasteiger partial charge in [0.1, 0.15) is 27.6 Å². The molecule has 3 heterocycles. The van der Waals surface area contributed by atoms with Crippen molar-refractivity contribution in [3.63, 3.8) is 0 Å². The quantitative estimate of drug-likeness (QED) is 0.329. The molecular weight excluding hydrogens is 537 g/mol. The number of benzene rings is 1. The third-order valence-electron chi connectivity index (χ3n) is 7.02. The van der Waals surface area contributed by atoms with Gasteiger partial charge in [0.25, 0.3) is 11.5 Å². The highest BCUT2D eigenvalue weighted by Gasteiger charge is 2.33. The van der Waals surface area contributed by atoms with E-state index in [9.17, 15) is 19.2 Å². The molecular formula is C28H32FN5O3S2. The van der Waals surface area contributed by atoms with Crippen molar-refractivity contribution in [2.45, 2.75) is 33.2 Å². The summed E-state index contributed by atoms with van der Waals surface area (Å²) in [6, 6.07) is 8.80. The number of hydrogen-bond acceptors (Lipinski definition) is 8. The molecule has 0 atom stereocenters. The summed E-state index contributed by atoms with van der Waals surface area (Å²) in [7, 11) is 1.57. The van der Waals surface area contributed by atoms with Gasteiger partial charge in [0.15, 0.2) is 0 Å². The van der Waals surface area contributed by atoms with E-state index in [0.717, 1.165) is 12.8 Å². The summed E-state index contributed by atoms with van der Waals surface area (Å²) in [6.07, 6.45) is 3.40. The Morgan fingerprint density at radius 3 is 2.49 bits per heavy atom. The summed E-state index contributed by atoms with van der Waals surface area (Å²) in [6.45, 7) is 7.15. The lowest BCUT2D eigenvalue weighted by atomic mass is 10.0. The standard InChI is InChI=1S/C28H32FN5O3S2/c1-4-5-10-33-25(32-13-11-31(12-14-32)23-9-7-6-8-22(23)29)20(19(2)21(18-30)26(33)35)17-24-27(36)34(15-16-37-3)28(38)39-24/h6-9,17H,4-5,10-16H2,1-3H3/b24-17+. The van der Waals surface area contributed by atoms with Gasteiger partial charge < -0.3 is 14.5 Å². The number of para-hydroxylation sites is 1. The van der Waals surface area contributed by atoms with E-state index in [1.54, 1.807) is 36.8 Å². The zero-order valence-electron chi connectivity index (χ0n) is 22.4. The molecule has 2 aromatic rings. The lowest BCUT2D eigenvalue weighted by Crippen LogP contribution is -2.49. The van der Waals surface area contributed by atoms with Gasteiger partial charge in [0.05, 0.1) is 23.7 Å². The minimum Gasteiger partial charge on any atom is -0.383 e. The van der Waals surface area contributed by atoms with Crippen molar-refractivity contribution in [3.8, 4) is 6.07 Å². The van der Waals surface area contributed by atoms with Crippen LogP contribution in [0.5, 0.6) is 0 Å². The third-order valence-corrected chi connectivity index (χ3v) is 8.40. The molecule has 1 aromatic heterocycles. The van der Waals surface area contributed by atoms with Gasteiger partial charge in [-0.05, 0) is 37.1 Å². The zero-order chi connectivity index (χ0) is 28.1. The van der Waals surface area contributed by atoms with Crippen LogP contribution in [0.4, 0.5) is 15.9 Å². The van der Waals surface area contributed by atoms with E-state index in [2.05, 4.69) is 11.0 Å². The van der Waals surface area contributed by atoms with Gasteiger partial charge in [0, 0.05) is 45.4 Å². The summed E-state index contributed by atoms with van der Waals surface area (Å²) in [4.78, 5) is 32.8. The van der Waals surface area contributed by atoms with Crippen molar-refractivity contribution in [3.05, 3.63) is 62.0 Å². The van der Waals surface area contributed by atoms with Gasteiger partial charge in [-0.2, -0.15) is 5.26 Å². The molecule has 0 saturated carbocycles. The van der Waals surface area contributed by atoms with E-state index in [-0.39, 0.29) is 22.8 Å². The summed E-state index contributed by atoms with van der Waals surface area (Å²) < 4.78 is 21.7. The Morgan fingerprint density at radius 2 is 1.85 bits per heavy atom. The van der Waals surface area contributed by atoms with Gasteiger partial charge in [-0.1, -0.05) is 49.5 Å². The topological polar surface area (TPSA) is 81.8 Å². The van der Waals surface area contributed by atoms with Crippen LogP contribution in [0.3, 0.4) is 0 Å². The number of carbonyl (C=O) groups is 1. The van der Waals surface area contributed by atoms with Gasteiger partial charge in [-0.25, -0.2) is 4.39 Å². The minimum atomic E-state index is -0.334. The number of ether oxygens (including phenoxy) is 1. The predicted octanol–water partition coefficient (Wildman–Crippen LogP) is 4.14. The fourth-order valence-corrected chi connectivity index (χ4v) is 6.17. The summed E-state index contributed by atoms with van der Waals surface area (Å²) in [5.41, 5.74) is 1.48. The molecule has 0 aliphatic carbocycles. The third kappa shape index (κ3) is 5.88. The summed E-state index contributed by atoms with van der Waals surface area (Å²) in [5, 5.41) is 9.90. The number of thiocarbonyl (C=S) groups is 1. The first-order chi connectivity index (χ1) is 18.8. The second kappa shape index (κ2) is 12.8. The van der Waals surface area contributed by atoms with Crippen LogP contribution in [-0.2, 0) is 16.1 Å². The van der Waals surface area contributed by atoms with Gasteiger partial charge >= 0.3 is 0 Å². The summed E-state index contributed by atoms with van der Waals surface area (Å²) >= 11 is 6.66. The first-order valence-corrected chi connectivity index (χ1v) is 14.2. The van der Waals surface area contributed by atoms with Crippen LogP contribution in [0.25, 0.3) is 6.08 Å². The number of nitriles is 1. The number of nitrogens with zero attached hydrogens (tertiary/aromatic N) is 5. The average molecular weight is 570 g/mol. The molecule has 2 fully saturated rings. The lowest BCUT2D eigenvalue weighted by molar-refractivity contribution is -0.122. The smallest absolute Gasteiger partial charge is 0.270 e. The molecule has 0 unspecified atom stereocenters. The van der Waals surface area contributed by atoms with Gasteiger partial charge in [-0.15, -0.1) is 0 Å². The minimum absolute atomic E-state index is 0.0703. The van der Waals surface area contributed by atoms with Crippen molar-refractivity contribution in [2.75, 3.05) is 56.2 Å². The fourth-order valence-electron chi connectivity index (χ4n) is 4.88. The highest BCUT2D eigenvalue weighted by molar-refractivity contribution is 8.26. The Bertz CT molecular complexity index is 1390. The van der Waals surface area contributed by atoms with Crippen LogP contribution in [0.1, 0.15) is 36.5 Å². The number of halogens is 1. The number of hydrogen-bond donors (Lipinski definition) is 0. The molecule has 0 bridgehead atoms. The molecule has 206 valence electrons. The Balaban J connectivity index is 1.78. The van der Waals surface area contributed by atoms with E-state index in [1.165, 1.54) is 22.7 Å². The molecule has 39 heavy (non-hydrogen) atoms. The van der Waals surface area contributed by atoms with Crippen LogP contribution in [0.15, 0.2) is 34.0 Å². The van der Waals surface area contributed by atoms with Crippen LogP contribution >= 0.6 is 24.0 Å². The largest absolute Gasteiger partial charge is 0.383 e. The van der Waals surface area contributed by atoms with Crippen molar-refractivity contribution >= 4 is 51.8 Å². The molecule has 4 rings (SSSR count). The molecule has 11 heteroatoms. The second-order valence-electron chi connectivity index (χ2n) is 9.41. The first-order valence-electron chi connectivity index (χ1n) is 13.0. The fraction of sp³-hybridized carbons (Fsp3) is 0.429. The van der Waals surface area contributed by atoms with Crippen molar-refractivity contribution < 1.29 is 13.9 Å². The number of rotatable bonds is 9. The number of anilines is 2. The number of piperazine rings is 1. The number of methoxy groups -OCH3 is 1. The van der Waals surface area contributed by atoms with Crippen molar-refractivity contribution in [1.29, 1.82) is 5.26 Å². The van der Waals surface area contributed by atoms with Gasteiger partial charge in [0.2, 0.25) is 0 Å². The van der Waals surface area contributed by atoms with Crippen molar-refractivity contribution in [1.82, 2.24) is 9.47 Å². The summed E-state index contributed by atoms with van der Waals surface area (Å²) in [5.74, 6) is 0.193. The SMILES string of the molecule is CCCCn1c(N2CCN(c3ccccc3F)CC2)c(/C=C2/SC(=S)N(CCOC)C2=O)c(C)c(C#N)c1=O. The first kappa shape index (κ1) is 28.8. The predicted molar refractivity (Wildman–Crippen MR) is 158 cm³/mol. The monoisotopic (exact) mass is 569 g/mol. The van der Waals surface area contributed by atoms with E-state index >= 15 is 0 Å². The molecule has 0 N–H and O–H groups in total. The maximum absolute atomic E-state index is 14.5.